The first-order valence-corrected chi connectivity index (χ1v) is 12.8. The van der Waals surface area contributed by atoms with Crippen LogP contribution >= 0.6 is 0 Å². The Bertz CT molecular complexity index is 1500. The highest BCUT2D eigenvalue weighted by Gasteiger charge is 2.30. The molecule has 1 N–H and O–H groups in total. The Hall–Kier alpha value is -3.75. The zero-order chi connectivity index (χ0) is 25.4. The maximum absolute atomic E-state index is 13.2. The van der Waals surface area contributed by atoms with Gasteiger partial charge in [-0.1, -0.05) is 23.4 Å². The minimum absolute atomic E-state index is 0.0605. The van der Waals surface area contributed by atoms with Crippen molar-refractivity contribution in [3.63, 3.8) is 0 Å². The lowest BCUT2D eigenvalue weighted by Gasteiger charge is -2.41. The number of piperidine rings is 1. The number of fused-ring (bicyclic) bond motifs is 1. The zero-order valence-corrected chi connectivity index (χ0v) is 20.9. The van der Waals surface area contributed by atoms with Crippen LogP contribution in [0, 0.1) is 6.92 Å². The number of amides is 1. The lowest BCUT2D eigenvalue weighted by Crippen LogP contribution is -2.54. The molecule has 0 aliphatic carbocycles. The van der Waals surface area contributed by atoms with E-state index >= 15 is 0 Å². The number of aromatic nitrogens is 2. The quantitative estimate of drug-likeness (QED) is 0.437. The Balaban J connectivity index is 1.14. The Morgan fingerprint density at radius 1 is 1.11 bits per heavy atom. The maximum Gasteiger partial charge on any atom is 0.258 e. The minimum atomic E-state index is -0.0652. The second kappa shape index (κ2) is 9.95. The summed E-state index contributed by atoms with van der Waals surface area (Å²) in [4.78, 5) is 28.7. The van der Waals surface area contributed by atoms with Crippen LogP contribution in [0.25, 0.3) is 21.9 Å². The van der Waals surface area contributed by atoms with Crippen LogP contribution in [0.15, 0.2) is 70.3 Å². The highest BCUT2D eigenvalue weighted by Crippen LogP contribution is 2.25. The van der Waals surface area contributed by atoms with Crippen molar-refractivity contribution < 1.29 is 14.1 Å². The van der Waals surface area contributed by atoms with Crippen LogP contribution in [-0.2, 0) is 11.3 Å². The predicted molar refractivity (Wildman–Crippen MR) is 141 cm³/mol. The molecule has 0 unspecified atom stereocenters. The van der Waals surface area contributed by atoms with E-state index in [1.54, 1.807) is 10.8 Å². The van der Waals surface area contributed by atoms with E-state index in [-0.39, 0.29) is 17.5 Å². The number of pyridine rings is 1. The molecule has 4 aromatic rings. The molecule has 0 radical (unpaired) electrons. The van der Waals surface area contributed by atoms with Crippen LogP contribution in [0.1, 0.15) is 34.5 Å². The highest BCUT2D eigenvalue weighted by atomic mass is 16.5. The van der Waals surface area contributed by atoms with Gasteiger partial charge in [0, 0.05) is 41.8 Å². The van der Waals surface area contributed by atoms with Crippen LogP contribution in [0.5, 0.6) is 0 Å². The molecular weight excluding hydrogens is 468 g/mol. The van der Waals surface area contributed by atoms with Crippen molar-refractivity contribution in [3.05, 3.63) is 88.2 Å². The summed E-state index contributed by atoms with van der Waals surface area (Å²) < 4.78 is 12.0. The molecule has 0 saturated carbocycles. The molecule has 2 saturated heterocycles. The van der Waals surface area contributed by atoms with Gasteiger partial charge in [-0.25, -0.2) is 0 Å². The fourth-order valence-corrected chi connectivity index (χ4v) is 5.27. The standard InChI is InChI=1S/C29H30N4O4/c1-19-27(18-37-31-19)21-5-6-26-22(14-21)7-10-33(29(26)35)15-20-3-2-4-23(13-20)28(34)30-24-8-11-32(12-9-24)25-16-36-17-25/h2-7,10,13-14,18,24-25H,8-9,11-12,15-17H2,1H3,(H,30,34). The van der Waals surface area contributed by atoms with Crippen LogP contribution in [0.3, 0.4) is 0 Å². The molecule has 8 nitrogen and oxygen atoms in total. The fraction of sp³-hybridized carbons (Fsp3) is 0.345. The van der Waals surface area contributed by atoms with E-state index in [9.17, 15) is 9.59 Å². The molecule has 2 fully saturated rings. The minimum Gasteiger partial charge on any atom is -0.378 e. The lowest BCUT2D eigenvalue weighted by atomic mass is 10.0. The highest BCUT2D eigenvalue weighted by molar-refractivity contribution is 5.94. The summed E-state index contributed by atoms with van der Waals surface area (Å²) >= 11 is 0. The van der Waals surface area contributed by atoms with Gasteiger partial charge in [0.15, 0.2) is 0 Å². The van der Waals surface area contributed by atoms with Crippen molar-refractivity contribution in [2.45, 2.75) is 38.4 Å². The van der Waals surface area contributed by atoms with Gasteiger partial charge in [0.1, 0.15) is 6.26 Å². The maximum atomic E-state index is 13.2. The first-order chi connectivity index (χ1) is 18.0. The molecule has 0 bridgehead atoms. The Kier molecular flexibility index (Phi) is 6.36. The van der Waals surface area contributed by atoms with Crippen molar-refractivity contribution in [1.82, 2.24) is 19.9 Å². The molecular formula is C29H30N4O4. The first kappa shape index (κ1) is 23.6. The Morgan fingerprint density at radius 3 is 2.68 bits per heavy atom. The van der Waals surface area contributed by atoms with E-state index in [1.165, 1.54) is 0 Å². The largest absolute Gasteiger partial charge is 0.378 e. The molecule has 2 aliphatic heterocycles. The van der Waals surface area contributed by atoms with Crippen LogP contribution in [0.4, 0.5) is 0 Å². The zero-order valence-electron chi connectivity index (χ0n) is 20.9. The Morgan fingerprint density at radius 2 is 1.95 bits per heavy atom. The number of carbonyl (C=O) groups is 1. The summed E-state index contributed by atoms with van der Waals surface area (Å²) in [5.74, 6) is -0.0605. The van der Waals surface area contributed by atoms with Gasteiger partial charge in [-0.3, -0.25) is 14.5 Å². The molecule has 8 heteroatoms. The third-order valence-electron chi connectivity index (χ3n) is 7.58. The molecule has 2 aromatic carbocycles. The summed E-state index contributed by atoms with van der Waals surface area (Å²) in [6.07, 6.45) is 5.33. The first-order valence-electron chi connectivity index (χ1n) is 12.8. The number of likely N-dealkylation sites (tertiary alicyclic amines) is 1. The van der Waals surface area contributed by atoms with Gasteiger partial charge in [0.05, 0.1) is 31.5 Å². The molecule has 6 rings (SSSR count). The van der Waals surface area contributed by atoms with E-state index in [0.29, 0.717) is 23.5 Å². The van der Waals surface area contributed by atoms with Gasteiger partial charge in [0.25, 0.3) is 11.5 Å². The third-order valence-corrected chi connectivity index (χ3v) is 7.58. The number of nitrogens with one attached hydrogen (secondary N) is 1. The SMILES string of the molecule is Cc1nocc1-c1ccc2c(=O)n(Cc3cccc(C(=O)NC4CCN(C5COC5)CC4)c3)ccc2c1. The van der Waals surface area contributed by atoms with E-state index in [4.69, 9.17) is 9.26 Å². The number of aryl methyl sites for hydroxylation is 1. The van der Waals surface area contributed by atoms with Crippen LogP contribution < -0.4 is 10.9 Å². The van der Waals surface area contributed by atoms with Gasteiger partial charge in [0.2, 0.25) is 0 Å². The van der Waals surface area contributed by atoms with Gasteiger partial charge < -0.3 is 19.1 Å². The van der Waals surface area contributed by atoms with Crippen LogP contribution in [0.2, 0.25) is 0 Å². The smallest absolute Gasteiger partial charge is 0.258 e. The number of benzene rings is 2. The number of hydrogen-bond donors (Lipinski definition) is 1. The summed E-state index contributed by atoms with van der Waals surface area (Å²) in [6.45, 7) is 5.92. The number of rotatable bonds is 6. The topological polar surface area (TPSA) is 89.6 Å². The molecule has 0 spiro atoms. The van der Waals surface area contributed by atoms with Crippen molar-refractivity contribution in [2.75, 3.05) is 26.3 Å². The number of nitrogens with zero attached hydrogens (tertiary/aromatic N) is 3. The van der Waals surface area contributed by atoms with Crippen molar-refractivity contribution in [3.8, 4) is 11.1 Å². The second-order valence-corrected chi connectivity index (χ2v) is 10.0. The van der Waals surface area contributed by atoms with E-state index in [1.807, 2.05) is 61.7 Å². The number of carbonyl (C=O) groups excluding carboxylic acids is 1. The third kappa shape index (κ3) is 4.82. The molecule has 4 heterocycles. The summed E-state index contributed by atoms with van der Waals surface area (Å²) in [6, 6.07) is 16.0. The van der Waals surface area contributed by atoms with E-state index in [0.717, 1.165) is 66.9 Å². The molecule has 190 valence electrons. The normalized spacial score (nSPS) is 17.1. The Labute approximate surface area is 214 Å². The van der Waals surface area contributed by atoms with Crippen molar-refractivity contribution >= 4 is 16.7 Å². The van der Waals surface area contributed by atoms with Gasteiger partial charge in [-0.2, -0.15) is 0 Å². The summed E-state index contributed by atoms with van der Waals surface area (Å²) in [7, 11) is 0. The molecule has 2 aliphatic rings. The summed E-state index contributed by atoms with van der Waals surface area (Å²) in [5.41, 5.74) is 4.15. The van der Waals surface area contributed by atoms with Crippen molar-refractivity contribution in [2.24, 2.45) is 0 Å². The average molecular weight is 499 g/mol. The average Bonchev–Trinajstić information content (AvgIpc) is 3.31. The van der Waals surface area contributed by atoms with Gasteiger partial charge in [-0.05, 0) is 66.6 Å². The lowest BCUT2D eigenvalue weighted by molar-refractivity contribution is -0.0716. The van der Waals surface area contributed by atoms with Gasteiger partial charge >= 0.3 is 0 Å². The van der Waals surface area contributed by atoms with E-state index < -0.39 is 0 Å². The second-order valence-electron chi connectivity index (χ2n) is 10.0. The fourth-order valence-electron chi connectivity index (χ4n) is 5.27. The molecule has 37 heavy (non-hydrogen) atoms. The number of hydrogen-bond acceptors (Lipinski definition) is 6. The number of ether oxygens (including phenoxy) is 1. The molecule has 1 amide bonds. The predicted octanol–water partition coefficient (Wildman–Crippen LogP) is 3.61. The molecule has 2 aromatic heterocycles. The van der Waals surface area contributed by atoms with Crippen molar-refractivity contribution in [1.29, 1.82) is 0 Å². The summed E-state index contributed by atoms with van der Waals surface area (Å²) in [5, 5.41) is 8.66. The monoisotopic (exact) mass is 498 g/mol. The molecule has 0 atom stereocenters. The van der Waals surface area contributed by atoms with Crippen LogP contribution in [-0.4, -0.2) is 58.9 Å². The van der Waals surface area contributed by atoms with E-state index in [2.05, 4.69) is 15.4 Å². The van der Waals surface area contributed by atoms with Gasteiger partial charge in [-0.15, -0.1) is 0 Å².